The summed E-state index contributed by atoms with van der Waals surface area (Å²) in [6.45, 7) is 13.8. The summed E-state index contributed by atoms with van der Waals surface area (Å²) >= 11 is 2.05. The summed E-state index contributed by atoms with van der Waals surface area (Å²) in [6, 6.07) is 0. The number of nitrogens with one attached hydrogen (secondary N) is 1. The lowest BCUT2D eigenvalue weighted by Gasteiger charge is -2.39. The van der Waals surface area contributed by atoms with Gasteiger partial charge in [-0.05, 0) is 66.1 Å². The van der Waals surface area contributed by atoms with Gasteiger partial charge in [0.25, 0.3) is 0 Å². The normalized spacial score (nSPS) is 22.4. The van der Waals surface area contributed by atoms with Crippen LogP contribution in [0.3, 0.4) is 0 Å². The predicted molar refractivity (Wildman–Crippen MR) is 112 cm³/mol. The highest BCUT2D eigenvalue weighted by Crippen LogP contribution is 2.29. The summed E-state index contributed by atoms with van der Waals surface area (Å²) in [5.41, 5.74) is 5.40. The number of carbonyl (C=O) groups excluding carboxylic acids is 1. The van der Waals surface area contributed by atoms with Crippen molar-refractivity contribution in [2.75, 3.05) is 51.6 Å². The van der Waals surface area contributed by atoms with E-state index in [2.05, 4.69) is 47.6 Å². The Bertz CT molecular complexity index is 475. The average Bonchev–Trinajstić information content (AvgIpc) is 2.60. The molecule has 0 unspecified atom stereocenters. The molecule has 2 saturated heterocycles. The molecule has 0 aromatic heterocycles. The minimum absolute atomic E-state index is 0.0884. The number of likely N-dealkylation sites (tertiary alicyclic amines) is 1. The highest BCUT2D eigenvalue weighted by Gasteiger charge is 2.28. The predicted octanol–water partition coefficient (Wildman–Crippen LogP) is 1.76. The van der Waals surface area contributed by atoms with Crippen LogP contribution in [0.15, 0.2) is 4.99 Å². The van der Waals surface area contributed by atoms with Crippen molar-refractivity contribution >= 4 is 23.6 Å². The number of hydrogen-bond acceptors (Lipinski definition) is 4. The molecule has 2 rings (SSSR count). The van der Waals surface area contributed by atoms with Crippen LogP contribution in [-0.4, -0.2) is 78.0 Å². The number of piperidine rings is 1. The molecule has 7 heteroatoms. The maximum atomic E-state index is 11.2. The van der Waals surface area contributed by atoms with Gasteiger partial charge in [-0.15, -0.1) is 0 Å². The number of carbonyl (C=O) groups is 1. The zero-order chi connectivity index (χ0) is 19.0. The van der Waals surface area contributed by atoms with Crippen molar-refractivity contribution in [3.8, 4) is 0 Å². The van der Waals surface area contributed by atoms with Gasteiger partial charge in [0, 0.05) is 42.6 Å². The van der Waals surface area contributed by atoms with Gasteiger partial charge in [0.1, 0.15) is 0 Å². The van der Waals surface area contributed by atoms with E-state index in [0.717, 1.165) is 77.5 Å². The van der Waals surface area contributed by atoms with Gasteiger partial charge in [0.15, 0.2) is 5.96 Å². The standard InChI is InChI=1S/C19H37N5OS/c1-4-21-18(24-13-14-26-19(2,3)15-24)22-9-5-6-10-23-11-7-16(8-12-23)17(20)25/h16H,4-15H2,1-3H3,(H2,20,25)(H,21,22). The lowest BCUT2D eigenvalue weighted by atomic mass is 9.96. The van der Waals surface area contributed by atoms with Crippen LogP contribution in [-0.2, 0) is 4.79 Å². The molecule has 0 spiro atoms. The van der Waals surface area contributed by atoms with Crippen molar-refractivity contribution in [1.82, 2.24) is 15.1 Å². The molecule has 2 heterocycles. The van der Waals surface area contributed by atoms with Gasteiger partial charge in [0.2, 0.25) is 5.91 Å². The molecule has 0 bridgehead atoms. The summed E-state index contributed by atoms with van der Waals surface area (Å²) in [4.78, 5) is 21.0. The Hall–Kier alpha value is -0.950. The molecule has 2 aliphatic rings. The first-order chi connectivity index (χ1) is 12.4. The third kappa shape index (κ3) is 6.99. The molecule has 2 aliphatic heterocycles. The zero-order valence-corrected chi connectivity index (χ0v) is 17.6. The van der Waals surface area contributed by atoms with Gasteiger partial charge in [-0.2, -0.15) is 11.8 Å². The van der Waals surface area contributed by atoms with Gasteiger partial charge in [0.05, 0.1) is 0 Å². The number of rotatable bonds is 7. The molecule has 26 heavy (non-hydrogen) atoms. The number of hydrogen-bond donors (Lipinski definition) is 2. The molecule has 150 valence electrons. The van der Waals surface area contributed by atoms with Crippen LogP contribution >= 0.6 is 11.8 Å². The molecule has 0 radical (unpaired) electrons. The second-order valence-corrected chi connectivity index (χ2v) is 9.79. The largest absolute Gasteiger partial charge is 0.369 e. The molecular weight excluding hydrogens is 346 g/mol. The Morgan fingerprint density at radius 1 is 1.27 bits per heavy atom. The topological polar surface area (TPSA) is 74.0 Å². The van der Waals surface area contributed by atoms with E-state index >= 15 is 0 Å². The van der Waals surface area contributed by atoms with Crippen LogP contribution in [0.5, 0.6) is 0 Å². The van der Waals surface area contributed by atoms with E-state index in [0.29, 0.717) is 4.75 Å². The highest BCUT2D eigenvalue weighted by molar-refractivity contribution is 8.00. The Morgan fingerprint density at radius 3 is 2.62 bits per heavy atom. The molecule has 6 nitrogen and oxygen atoms in total. The van der Waals surface area contributed by atoms with Gasteiger partial charge in [-0.1, -0.05) is 0 Å². The van der Waals surface area contributed by atoms with E-state index < -0.39 is 0 Å². The van der Waals surface area contributed by atoms with Crippen LogP contribution in [0.4, 0.5) is 0 Å². The van der Waals surface area contributed by atoms with Crippen molar-refractivity contribution in [3.63, 3.8) is 0 Å². The third-order valence-electron chi connectivity index (χ3n) is 5.19. The first kappa shape index (κ1) is 21.4. The van der Waals surface area contributed by atoms with Crippen molar-refractivity contribution in [2.24, 2.45) is 16.6 Å². The Morgan fingerprint density at radius 2 is 2.00 bits per heavy atom. The van der Waals surface area contributed by atoms with Crippen LogP contribution in [0.1, 0.15) is 46.5 Å². The lowest BCUT2D eigenvalue weighted by molar-refractivity contribution is -0.123. The molecule has 0 atom stereocenters. The fraction of sp³-hybridized carbons (Fsp3) is 0.895. The maximum absolute atomic E-state index is 11.2. The van der Waals surface area contributed by atoms with E-state index in [9.17, 15) is 4.79 Å². The summed E-state index contributed by atoms with van der Waals surface area (Å²) in [5.74, 6) is 2.20. The zero-order valence-electron chi connectivity index (χ0n) is 16.8. The average molecular weight is 384 g/mol. The Labute approximate surface area is 163 Å². The number of primary amides is 1. The highest BCUT2D eigenvalue weighted by atomic mass is 32.2. The van der Waals surface area contributed by atoms with E-state index in [4.69, 9.17) is 10.7 Å². The van der Waals surface area contributed by atoms with E-state index in [-0.39, 0.29) is 11.8 Å². The number of guanidine groups is 1. The summed E-state index contributed by atoms with van der Waals surface area (Å²) in [5, 5.41) is 3.46. The number of unbranched alkanes of at least 4 members (excludes halogenated alkanes) is 1. The quantitative estimate of drug-likeness (QED) is 0.398. The third-order valence-corrected chi connectivity index (χ3v) is 6.49. The van der Waals surface area contributed by atoms with Crippen molar-refractivity contribution in [3.05, 3.63) is 0 Å². The van der Waals surface area contributed by atoms with E-state index in [1.165, 1.54) is 5.75 Å². The molecule has 0 aliphatic carbocycles. The minimum Gasteiger partial charge on any atom is -0.369 e. The maximum Gasteiger partial charge on any atom is 0.220 e. The number of nitrogens with zero attached hydrogens (tertiary/aromatic N) is 3. The van der Waals surface area contributed by atoms with Gasteiger partial charge < -0.3 is 20.9 Å². The van der Waals surface area contributed by atoms with Crippen LogP contribution < -0.4 is 11.1 Å². The SMILES string of the molecule is CCNC(=NCCCCN1CCC(C(N)=O)CC1)N1CCSC(C)(C)C1. The summed E-state index contributed by atoms with van der Waals surface area (Å²) < 4.78 is 0.297. The monoisotopic (exact) mass is 383 g/mol. The van der Waals surface area contributed by atoms with Crippen LogP contribution in [0.2, 0.25) is 0 Å². The van der Waals surface area contributed by atoms with Gasteiger partial charge >= 0.3 is 0 Å². The second kappa shape index (κ2) is 10.4. The molecule has 0 aromatic rings. The van der Waals surface area contributed by atoms with E-state index in [1.54, 1.807) is 0 Å². The van der Waals surface area contributed by atoms with Crippen molar-refractivity contribution in [2.45, 2.75) is 51.2 Å². The number of amides is 1. The molecular formula is C19H37N5OS. The number of thioether (sulfide) groups is 1. The van der Waals surface area contributed by atoms with Crippen molar-refractivity contribution in [1.29, 1.82) is 0 Å². The molecule has 0 saturated carbocycles. The minimum atomic E-state index is -0.130. The van der Waals surface area contributed by atoms with E-state index in [1.807, 2.05) is 0 Å². The summed E-state index contributed by atoms with van der Waals surface area (Å²) in [7, 11) is 0. The first-order valence-electron chi connectivity index (χ1n) is 10.1. The Kier molecular flexibility index (Phi) is 8.54. The van der Waals surface area contributed by atoms with Crippen molar-refractivity contribution < 1.29 is 4.79 Å². The second-order valence-electron chi connectivity index (χ2n) is 7.99. The smallest absolute Gasteiger partial charge is 0.220 e. The lowest BCUT2D eigenvalue weighted by Crippen LogP contribution is -2.51. The first-order valence-corrected chi connectivity index (χ1v) is 11.1. The Balaban J connectivity index is 1.69. The summed E-state index contributed by atoms with van der Waals surface area (Å²) in [6.07, 6.45) is 4.10. The number of nitrogens with two attached hydrogens (primary N) is 1. The van der Waals surface area contributed by atoms with Gasteiger partial charge in [-0.3, -0.25) is 9.79 Å². The molecule has 1 amide bonds. The van der Waals surface area contributed by atoms with Gasteiger partial charge in [-0.25, -0.2) is 0 Å². The van der Waals surface area contributed by atoms with Crippen LogP contribution in [0.25, 0.3) is 0 Å². The fourth-order valence-corrected chi connectivity index (χ4v) is 4.81. The fourth-order valence-electron chi connectivity index (χ4n) is 3.70. The van der Waals surface area contributed by atoms with Crippen LogP contribution in [0, 0.1) is 5.92 Å². The molecule has 0 aromatic carbocycles. The number of aliphatic imine (C=N–C) groups is 1. The molecule has 3 N–H and O–H groups in total. The molecule has 2 fully saturated rings.